The summed E-state index contributed by atoms with van der Waals surface area (Å²) < 4.78 is 2.27. The lowest BCUT2D eigenvalue weighted by molar-refractivity contribution is -0.125. The average molecular weight is 546 g/mol. The smallest absolute Gasteiger partial charge is 0.228 e. The Morgan fingerprint density at radius 3 is 2.51 bits per heavy atom. The van der Waals surface area contributed by atoms with Gasteiger partial charge in [-0.05, 0) is 72.2 Å². The van der Waals surface area contributed by atoms with E-state index in [0.717, 1.165) is 33.2 Å². The number of amides is 1. The molecular weight excluding hydrogens is 510 g/mol. The van der Waals surface area contributed by atoms with Crippen LogP contribution in [-0.4, -0.2) is 33.0 Å². The first kappa shape index (κ1) is 26.9. The number of aliphatic hydroxyl groups is 1. The fraction of sp³-hybridized carbons (Fsp3) is 0.286. The first-order chi connectivity index (χ1) is 19.9. The number of carbonyl (C=O) groups excluding carboxylic acids is 2. The lowest BCUT2D eigenvalue weighted by Gasteiger charge is -2.26. The van der Waals surface area contributed by atoms with Gasteiger partial charge in [-0.1, -0.05) is 60.7 Å². The highest BCUT2D eigenvalue weighted by Gasteiger charge is 2.36. The summed E-state index contributed by atoms with van der Waals surface area (Å²) in [5, 5.41) is 15.5. The minimum atomic E-state index is -0.503. The van der Waals surface area contributed by atoms with Gasteiger partial charge in [0, 0.05) is 36.4 Å². The first-order valence-electron chi connectivity index (χ1n) is 14.3. The van der Waals surface area contributed by atoms with Crippen LogP contribution in [-0.2, 0) is 16.1 Å². The van der Waals surface area contributed by atoms with Crippen molar-refractivity contribution >= 4 is 33.6 Å². The van der Waals surface area contributed by atoms with Crippen LogP contribution in [0.25, 0.3) is 21.9 Å². The Morgan fingerprint density at radius 1 is 1.02 bits per heavy atom. The molecule has 1 saturated carbocycles. The lowest BCUT2D eigenvalue weighted by atomic mass is 9.83. The summed E-state index contributed by atoms with van der Waals surface area (Å²) in [5.41, 5.74) is 7.43. The van der Waals surface area contributed by atoms with Crippen LogP contribution in [0, 0.1) is 19.8 Å². The third-order valence-corrected chi connectivity index (χ3v) is 8.48. The van der Waals surface area contributed by atoms with E-state index in [9.17, 15) is 14.7 Å². The fourth-order valence-electron chi connectivity index (χ4n) is 6.55. The number of ketones is 1. The Hall–Kier alpha value is -4.29. The molecular formula is C35H35N3O3. The van der Waals surface area contributed by atoms with Gasteiger partial charge in [0.1, 0.15) is 11.4 Å². The van der Waals surface area contributed by atoms with Crippen LogP contribution in [0.4, 0.5) is 0 Å². The zero-order valence-corrected chi connectivity index (χ0v) is 23.5. The van der Waals surface area contributed by atoms with Crippen molar-refractivity contribution in [1.82, 2.24) is 14.9 Å². The highest BCUT2D eigenvalue weighted by atomic mass is 16.3. The van der Waals surface area contributed by atoms with Crippen LogP contribution in [0.5, 0.6) is 0 Å². The van der Waals surface area contributed by atoms with Crippen LogP contribution in [0.1, 0.15) is 59.0 Å². The van der Waals surface area contributed by atoms with E-state index in [-0.39, 0.29) is 24.2 Å². The zero-order valence-electron chi connectivity index (χ0n) is 23.5. The van der Waals surface area contributed by atoms with E-state index in [0.29, 0.717) is 25.8 Å². The molecule has 1 fully saturated rings. The Bertz CT molecular complexity index is 1720. The monoisotopic (exact) mass is 545 g/mol. The van der Waals surface area contributed by atoms with Crippen molar-refractivity contribution in [2.24, 2.45) is 5.92 Å². The highest BCUT2D eigenvalue weighted by molar-refractivity contribution is 6.08. The van der Waals surface area contributed by atoms with Crippen molar-refractivity contribution in [3.05, 3.63) is 113 Å². The summed E-state index contributed by atoms with van der Waals surface area (Å²) in [7, 11) is 0. The number of fused-ring (bicyclic) bond motifs is 3. The van der Waals surface area contributed by atoms with Crippen LogP contribution in [0.15, 0.2) is 85.1 Å². The van der Waals surface area contributed by atoms with E-state index >= 15 is 0 Å². The summed E-state index contributed by atoms with van der Waals surface area (Å²) in [6.07, 6.45) is 3.44. The van der Waals surface area contributed by atoms with E-state index in [2.05, 4.69) is 54.1 Å². The predicted molar refractivity (Wildman–Crippen MR) is 162 cm³/mol. The van der Waals surface area contributed by atoms with Crippen molar-refractivity contribution in [1.29, 1.82) is 0 Å². The summed E-state index contributed by atoms with van der Waals surface area (Å²) in [5.74, 6) is -0.474. The summed E-state index contributed by atoms with van der Waals surface area (Å²) in [6.45, 7) is 4.73. The molecule has 6 heteroatoms. The number of nitrogens with one attached hydrogen (secondary N) is 1. The molecule has 0 spiro atoms. The number of rotatable bonds is 8. The molecule has 0 aliphatic heterocycles. The Kier molecular flexibility index (Phi) is 7.41. The van der Waals surface area contributed by atoms with Gasteiger partial charge in [0.2, 0.25) is 5.91 Å². The minimum absolute atomic E-state index is 0.0593. The van der Waals surface area contributed by atoms with E-state index in [1.807, 2.05) is 54.7 Å². The highest BCUT2D eigenvalue weighted by Crippen LogP contribution is 2.37. The largest absolute Gasteiger partial charge is 0.394 e. The van der Waals surface area contributed by atoms with Crippen molar-refractivity contribution in [3.63, 3.8) is 0 Å². The molecule has 1 aliphatic rings. The molecule has 6 nitrogen and oxygen atoms in total. The normalized spacial score (nSPS) is 16.8. The SMILES string of the molecule is Cc1cc(C)c2c3cccnc3n(Cc3ccc(C(C(=O)N[C@@H](CO)c4ccccc4)C4CCC(=O)C4)cc3)c2c1. The lowest BCUT2D eigenvalue weighted by Crippen LogP contribution is -2.37. The van der Waals surface area contributed by atoms with Crippen LogP contribution >= 0.6 is 0 Å². The van der Waals surface area contributed by atoms with Crippen molar-refractivity contribution in [2.75, 3.05) is 6.61 Å². The van der Waals surface area contributed by atoms with Gasteiger partial charge in [0.05, 0.1) is 24.1 Å². The molecule has 41 heavy (non-hydrogen) atoms. The molecule has 0 bridgehead atoms. The quantitative estimate of drug-likeness (QED) is 0.245. The van der Waals surface area contributed by atoms with Crippen LogP contribution in [0.2, 0.25) is 0 Å². The maximum Gasteiger partial charge on any atom is 0.228 e. The number of aromatic nitrogens is 2. The first-order valence-corrected chi connectivity index (χ1v) is 14.3. The van der Waals surface area contributed by atoms with Gasteiger partial charge in [-0.3, -0.25) is 9.59 Å². The molecule has 3 atom stereocenters. The summed E-state index contributed by atoms with van der Waals surface area (Å²) in [4.78, 5) is 30.7. The van der Waals surface area contributed by atoms with Crippen molar-refractivity contribution in [3.8, 4) is 0 Å². The van der Waals surface area contributed by atoms with Crippen molar-refractivity contribution in [2.45, 2.75) is 51.6 Å². The second-order valence-electron chi connectivity index (χ2n) is 11.4. The second-order valence-corrected chi connectivity index (χ2v) is 11.4. The molecule has 0 radical (unpaired) electrons. The molecule has 1 amide bonds. The van der Waals surface area contributed by atoms with E-state index < -0.39 is 12.0 Å². The molecule has 2 heterocycles. The number of benzene rings is 3. The molecule has 1 aliphatic carbocycles. The third kappa shape index (κ3) is 5.27. The van der Waals surface area contributed by atoms with Crippen LogP contribution < -0.4 is 5.32 Å². The van der Waals surface area contributed by atoms with Gasteiger partial charge in [-0.15, -0.1) is 0 Å². The predicted octanol–water partition coefficient (Wildman–Crippen LogP) is 6.16. The molecule has 2 unspecified atom stereocenters. The van der Waals surface area contributed by atoms with Gasteiger partial charge >= 0.3 is 0 Å². The zero-order chi connectivity index (χ0) is 28.5. The minimum Gasteiger partial charge on any atom is -0.394 e. The summed E-state index contributed by atoms with van der Waals surface area (Å²) in [6, 6.07) is 25.8. The topological polar surface area (TPSA) is 84.2 Å². The Morgan fingerprint density at radius 2 is 1.80 bits per heavy atom. The van der Waals surface area contributed by atoms with Crippen LogP contribution in [0.3, 0.4) is 0 Å². The van der Waals surface area contributed by atoms with Gasteiger partial charge in [-0.25, -0.2) is 4.98 Å². The molecule has 5 aromatic rings. The maximum atomic E-state index is 13.7. The molecule has 3 aromatic carbocycles. The third-order valence-electron chi connectivity index (χ3n) is 8.48. The van der Waals surface area contributed by atoms with E-state index in [4.69, 9.17) is 4.98 Å². The number of hydrogen-bond donors (Lipinski definition) is 2. The fourth-order valence-corrected chi connectivity index (χ4v) is 6.55. The molecule has 0 saturated heterocycles. The molecule has 2 N–H and O–H groups in total. The van der Waals surface area contributed by atoms with Gasteiger partial charge in [0.25, 0.3) is 0 Å². The second kappa shape index (κ2) is 11.3. The molecule has 2 aromatic heterocycles. The van der Waals surface area contributed by atoms with Gasteiger partial charge in [-0.2, -0.15) is 0 Å². The van der Waals surface area contributed by atoms with E-state index in [1.165, 1.54) is 16.5 Å². The Labute approximate surface area is 240 Å². The maximum absolute atomic E-state index is 13.7. The average Bonchev–Trinajstić information content (AvgIpc) is 3.54. The number of Topliss-reactive ketones (excluding diaryl/α,β-unsaturated/α-hetero) is 1. The number of carbonyl (C=O) groups is 2. The number of nitrogens with zero attached hydrogens (tertiary/aromatic N) is 2. The standard InChI is InChI=1S/C35H35N3O3/c1-22-17-23(2)32-29-9-6-16-36-34(29)38(31(32)18-22)20-24-10-12-26(13-11-24)33(27-14-15-28(40)19-27)35(41)37-30(21-39)25-7-4-3-5-8-25/h3-13,16-18,27,30,33,39H,14-15,19-21H2,1-2H3,(H,37,41)/t27?,30-,33?/m0/s1. The Balaban J connectivity index is 1.31. The van der Waals surface area contributed by atoms with E-state index in [1.54, 1.807) is 0 Å². The summed E-state index contributed by atoms with van der Waals surface area (Å²) >= 11 is 0. The molecule has 208 valence electrons. The number of aliphatic hydroxyl groups excluding tert-OH is 1. The number of aryl methyl sites for hydroxylation is 2. The van der Waals surface area contributed by atoms with Crippen molar-refractivity contribution < 1.29 is 14.7 Å². The number of hydrogen-bond acceptors (Lipinski definition) is 4. The number of pyridine rings is 1. The van der Waals surface area contributed by atoms with Gasteiger partial charge in [0.15, 0.2) is 0 Å². The van der Waals surface area contributed by atoms with Gasteiger partial charge < -0.3 is 15.0 Å². The molecule has 6 rings (SSSR count).